The Morgan fingerprint density at radius 3 is 2.56 bits per heavy atom. The van der Waals surface area contributed by atoms with Gasteiger partial charge in [0.1, 0.15) is 17.1 Å². The number of carboxylic acids is 1. The summed E-state index contributed by atoms with van der Waals surface area (Å²) in [6.45, 7) is 11.0. The number of aromatic carboxylic acids is 1. The van der Waals surface area contributed by atoms with E-state index in [0.29, 0.717) is 29.0 Å². The number of carbonyl (C=O) groups is 1. The minimum absolute atomic E-state index is 0.229. The first-order chi connectivity index (χ1) is 16.2. The Bertz CT molecular complexity index is 1160. The van der Waals surface area contributed by atoms with Gasteiger partial charge in [-0.05, 0) is 57.2 Å². The predicted molar refractivity (Wildman–Crippen MR) is 140 cm³/mol. The summed E-state index contributed by atoms with van der Waals surface area (Å²) in [4.78, 5) is 19.2. The van der Waals surface area contributed by atoms with E-state index in [9.17, 15) is 9.90 Å². The molecule has 7 heteroatoms. The van der Waals surface area contributed by atoms with E-state index < -0.39 is 5.97 Å². The Balaban J connectivity index is 1.84. The zero-order chi connectivity index (χ0) is 24.4. The van der Waals surface area contributed by atoms with E-state index in [4.69, 9.17) is 4.42 Å². The standard InChI is InChI=1S/C27H35N3O3S/c1-16(2)14-30(21-9-7-6-8-10-21)23-12-11-20(13-22(23)29-27-28-17(3)15-34-27)24-18(4)33-19(5)25(24)26(31)32/h11-13,15-16,21H,6-10,14H2,1-5H3,(H,28,29)(H,31,32). The number of thiazole rings is 1. The molecule has 182 valence electrons. The summed E-state index contributed by atoms with van der Waals surface area (Å²) in [6, 6.07) is 6.75. The van der Waals surface area contributed by atoms with Crippen molar-refractivity contribution in [1.82, 2.24) is 4.98 Å². The molecule has 6 nitrogen and oxygen atoms in total. The smallest absolute Gasteiger partial charge is 0.339 e. The van der Waals surface area contributed by atoms with Crippen molar-refractivity contribution >= 4 is 33.8 Å². The zero-order valence-electron chi connectivity index (χ0n) is 20.8. The van der Waals surface area contributed by atoms with Crippen LogP contribution in [-0.4, -0.2) is 28.6 Å². The topological polar surface area (TPSA) is 78.6 Å². The molecule has 2 heterocycles. The van der Waals surface area contributed by atoms with Gasteiger partial charge in [-0.25, -0.2) is 9.78 Å². The highest BCUT2D eigenvalue weighted by molar-refractivity contribution is 7.13. The minimum Gasteiger partial charge on any atom is -0.478 e. The van der Waals surface area contributed by atoms with E-state index >= 15 is 0 Å². The van der Waals surface area contributed by atoms with Crippen molar-refractivity contribution in [3.63, 3.8) is 0 Å². The number of benzene rings is 1. The van der Waals surface area contributed by atoms with E-state index in [0.717, 1.165) is 34.3 Å². The Morgan fingerprint density at radius 2 is 1.94 bits per heavy atom. The molecule has 0 spiro atoms. The number of carboxylic acid groups (broad SMARTS) is 1. The molecule has 0 amide bonds. The molecule has 1 aliphatic carbocycles. The van der Waals surface area contributed by atoms with Gasteiger partial charge in [0.05, 0.1) is 17.1 Å². The SMILES string of the molecule is Cc1csc(Nc2cc(-c3c(C)oc(C)c3C(=O)O)ccc2N(CC(C)C)C2CCCCC2)n1. The third kappa shape index (κ3) is 5.14. The van der Waals surface area contributed by atoms with Gasteiger partial charge in [0.2, 0.25) is 0 Å². The molecule has 2 N–H and O–H groups in total. The van der Waals surface area contributed by atoms with Gasteiger partial charge in [-0.1, -0.05) is 39.2 Å². The van der Waals surface area contributed by atoms with Crippen molar-refractivity contribution in [2.24, 2.45) is 5.92 Å². The zero-order valence-corrected chi connectivity index (χ0v) is 21.6. The second-order valence-electron chi connectivity index (χ2n) is 9.76. The quantitative estimate of drug-likeness (QED) is 0.345. The molecule has 0 saturated heterocycles. The van der Waals surface area contributed by atoms with Crippen molar-refractivity contribution in [1.29, 1.82) is 0 Å². The first-order valence-electron chi connectivity index (χ1n) is 12.2. The molecular weight excluding hydrogens is 446 g/mol. The van der Waals surface area contributed by atoms with Gasteiger partial charge in [-0.3, -0.25) is 0 Å². The van der Waals surface area contributed by atoms with Gasteiger partial charge in [0, 0.05) is 23.5 Å². The van der Waals surface area contributed by atoms with Gasteiger partial charge in [-0.15, -0.1) is 11.3 Å². The van der Waals surface area contributed by atoms with Crippen LogP contribution in [0, 0.1) is 26.7 Å². The Hall–Kier alpha value is -2.80. The number of hydrogen-bond acceptors (Lipinski definition) is 6. The average molecular weight is 482 g/mol. The highest BCUT2D eigenvalue weighted by Crippen LogP contribution is 2.40. The molecule has 1 saturated carbocycles. The van der Waals surface area contributed by atoms with Gasteiger partial charge >= 0.3 is 5.97 Å². The van der Waals surface area contributed by atoms with E-state index in [1.165, 1.54) is 32.1 Å². The molecule has 0 unspecified atom stereocenters. The molecule has 1 fully saturated rings. The van der Waals surface area contributed by atoms with Crippen molar-refractivity contribution in [2.75, 3.05) is 16.8 Å². The molecule has 34 heavy (non-hydrogen) atoms. The van der Waals surface area contributed by atoms with Crippen molar-refractivity contribution in [3.8, 4) is 11.1 Å². The van der Waals surface area contributed by atoms with Crippen LogP contribution in [-0.2, 0) is 0 Å². The lowest BCUT2D eigenvalue weighted by Crippen LogP contribution is -2.39. The second-order valence-corrected chi connectivity index (χ2v) is 10.6. The van der Waals surface area contributed by atoms with Gasteiger partial charge in [0.15, 0.2) is 5.13 Å². The number of aromatic nitrogens is 1. The summed E-state index contributed by atoms with van der Waals surface area (Å²) in [6.07, 6.45) is 6.25. The molecule has 2 aromatic heterocycles. The number of nitrogens with zero attached hydrogens (tertiary/aromatic N) is 2. The fraction of sp³-hybridized carbons (Fsp3) is 0.481. The largest absolute Gasteiger partial charge is 0.478 e. The minimum atomic E-state index is -0.970. The molecular formula is C27H35N3O3S. The lowest BCUT2D eigenvalue weighted by atomic mass is 9.92. The maximum Gasteiger partial charge on any atom is 0.339 e. The third-order valence-corrected chi connectivity index (χ3v) is 7.38. The lowest BCUT2D eigenvalue weighted by molar-refractivity contribution is 0.0696. The van der Waals surface area contributed by atoms with E-state index in [1.54, 1.807) is 18.3 Å². The Kier molecular flexibility index (Phi) is 7.31. The molecule has 0 bridgehead atoms. The second kappa shape index (κ2) is 10.2. The summed E-state index contributed by atoms with van der Waals surface area (Å²) in [5.74, 6) is 0.596. The van der Waals surface area contributed by atoms with E-state index in [-0.39, 0.29) is 5.56 Å². The summed E-state index contributed by atoms with van der Waals surface area (Å²) in [5.41, 5.74) is 4.78. The molecule has 4 rings (SSSR count). The fourth-order valence-corrected chi connectivity index (χ4v) is 5.79. The number of hydrogen-bond donors (Lipinski definition) is 2. The number of furan rings is 1. The number of aryl methyl sites for hydroxylation is 3. The van der Waals surface area contributed by atoms with Crippen LogP contribution in [0.5, 0.6) is 0 Å². The first kappa shape index (κ1) is 24.3. The van der Waals surface area contributed by atoms with Gasteiger partial charge in [-0.2, -0.15) is 0 Å². The van der Waals surface area contributed by atoms with Crippen LogP contribution < -0.4 is 10.2 Å². The molecule has 0 atom stereocenters. The molecule has 1 aromatic carbocycles. The van der Waals surface area contributed by atoms with Gasteiger partial charge in [0.25, 0.3) is 0 Å². The molecule has 3 aromatic rings. The predicted octanol–water partition coefficient (Wildman–Crippen LogP) is 7.57. The third-order valence-electron chi connectivity index (χ3n) is 6.51. The normalized spacial score (nSPS) is 14.5. The summed E-state index contributed by atoms with van der Waals surface area (Å²) in [7, 11) is 0. The highest BCUT2D eigenvalue weighted by atomic mass is 32.1. The van der Waals surface area contributed by atoms with Gasteiger partial charge < -0.3 is 19.7 Å². The Labute approximate surface area is 206 Å². The van der Waals surface area contributed by atoms with Crippen LogP contribution in [0.1, 0.15) is 73.5 Å². The van der Waals surface area contributed by atoms with Crippen LogP contribution in [0.4, 0.5) is 16.5 Å². The van der Waals surface area contributed by atoms with Crippen LogP contribution >= 0.6 is 11.3 Å². The highest BCUT2D eigenvalue weighted by Gasteiger charge is 2.27. The fourth-order valence-electron chi connectivity index (χ4n) is 5.09. The van der Waals surface area contributed by atoms with E-state index in [2.05, 4.69) is 41.2 Å². The van der Waals surface area contributed by atoms with Crippen LogP contribution in [0.15, 0.2) is 28.0 Å². The van der Waals surface area contributed by atoms with Crippen LogP contribution in [0.2, 0.25) is 0 Å². The number of rotatable bonds is 8. The van der Waals surface area contributed by atoms with Crippen molar-refractivity contribution in [3.05, 3.63) is 46.4 Å². The lowest BCUT2D eigenvalue weighted by Gasteiger charge is -2.38. The molecule has 1 aliphatic rings. The number of nitrogens with one attached hydrogen (secondary N) is 1. The Morgan fingerprint density at radius 1 is 1.21 bits per heavy atom. The molecule has 0 aliphatic heterocycles. The maximum absolute atomic E-state index is 12.0. The summed E-state index contributed by atoms with van der Waals surface area (Å²) in [5, 5.41) is 16.3. The van der Waals surface area contributed by atoms with E-state index in [1.807, 2.05) is 25.3 Å². The monoisotopic (exact) mass is 481 g/mol. The first-order valence-corrected chi connectivity index (χ1v) is 13.1. The number of anilines is 3. The summed E-state index contributed by atoms with van der Waals surface area (Å²) >= 11 is 1.58. The molecule has 0 radical (unpaired) electrons. The van der Waals surface area contributed by atoms with Crippen molar-refractivity contribution < 1.29 is 14.3 Å². The summed E-state index contributed by atoms with van der Waals surface area (Å²) < 4.78 is 5.73. The van der Waals surface area contributed by atoms with Crippen molar-refractivity contribution in [2.45, 2.75) is 72.8 Å². The average Bonchev–Trinajstić information content (AvgIpc) is 3.33. The van der Waals surface area contributed by atoms with Crippen LogP contribution in [0.3, 0.4) is 0 Å². The maximum atomic E-state index is 12.0. The van der Waals surface area contributed by atoms with Crippen LogP contribution in [0.25, 0.3) is 11.1 Å².